The van der Waals surface area contributed by atoms with E-state index in [-0.39, 0.29) is 5.91 Å². The predicted molar refractivity (Wildman–Crippen MR) is 89.0 cm³/mol. The van der Waals surface area contributed by atoms with Gasteiger partial charge in [0.2, 0.25) is 0 Å². The number of aryl methyl sites for hydroxylation is 1. The molecule has 0 aliphatic carbocycles. The van der Waals surface area contributed by atoms with Gasteiger partial charge in [0.15, 0.2) is 0 Å². The van der Waals surface area contributed by atoms with Gasteiger partial charge in [-0.05, 0) is 25.1 Å². The molecule has 0 spiro atoms. The van der Waals surface area contributed by atoms with Crippen LogP contribution in [0.4, 0.5) is 0 Å². The molecule has 0 bridgehead atoms. The average Bonchev–Trinajstić information content (AvgIpc) is 3.06. The van der Waals surface area contributed by atoms with Crippen LogP contribution in [0.5, 0.6) is 0 Å². The molecular formula is C18H18N4O. The summed E-state index contributed by atoms with van der Waals surface area (Å²) >= 11 is 0. The van der Waals surface area contributed by atoms with Crippen molar-refractivity contribution in [1.29, 1.82) is 0 Å². The number of amides is 1. The maximum absolute atomic E-state index is 12.1. The molecule has 0 aliphatic heterocycles. The Hall–Kier alpha value is -2.95. The summed E-state index contributed by atoms with van der Waals surface area (Å²) in [5.74, 6) is -0.160. The lowest BCUT2D eigenvalue weighted by Gasteiger charge is -2.02. The maximum Gasteiger partial charge on any atom is 0.269 e. The molecular weight excluding hydrogens is 288 g/mol. The lowest BCUT2D eigenvalue weighted by atomic mass is 10.1. The molecule has 3 rings (SSSR count). The third kappa shape index (κ3) is 3.83. The van der Waals surface area contributed by atoms with Crippen molar-refractivity contribution in [3.05, 3.63) is 71.7 Å². The Morgan fingerprint density at radius 3 is 2.74 bits per heavy atom. The van der Waals surface area contributed by atoms with Crippen LogP contribution in [0.1, 0.15) is 21.7 Å². The summed E-state index contributed by atoms with van der Waals surface area (Å²) in [6.07, 6.45) is 2.45. The van der Waals surface area contributed by atoms with E-state index in [0.717, 1.165) is 17.0 Å². The van der Waals surface area contributed by atoms with E-state index in [0.29, 0.717) is 18.7 Å². The third-order valence-corrected chi connectivity index (χ3v) is 3.56. The number of carbonyl (C=O) groups is 1. The summed E-state index contributed by atoms with van der Waals surface area (Å²) in [5, 5.41) is 9.87. The van der Waals surface area contributed by atoms with Crippen molar-refractivity contribution in [2.75, 3.05) is 6.54 Å². The van der Waals surface area contributed by atoms with Crippen LogP contribution in [0.3, 0.4) is 0 Å². The van der Waals surface area contributed by atoms with Crippen molar-refractivity contribution in [1.82, 2.24) is 20.5 Å². The molecule has 2 aromatic heterocycles. The molecule has 2 heterocycles. The summed E-state index contributed by atoms with van der Waals surface area (Å²) in [7, 11) is 0. The largest absolute Gasteiger partial charge is 0.350 e. The smallest absolute Gasteiger partial charge is 0.269 e. The lowest BCUT2D eigenvalue weighted by Crippen LogP contribution is -2.26. The normalized spacial score (nSPS) is 10.5. The minimum absolute atomic E-state index is 0.160. The van der Waals surface area contributed by atoms with Crippen molar-refractivity contribution in [3.8, 4) is 11.3 Å². The zero-order valence-corrected chi connectivity index (χ0v) is 12.9. The SMILES string of the molecule is Cc1ccc(-c2cc(C(=O)NCCc3ccccn3)[nH]n2)cc1. The van der Waals surface area contributed by atoms with Gasteiger partial charge in [0.25, 0.3) is 5.91 Å². The number of nitrogens with one attached hydrogen (secondary N) is 2. The summed E-state index contributed by atoms with van der Waals surface area (Å²) in [6.45, 7) is 2.57. The highest BCUT2D eigenvalue weighted by molar-refractivity contribution is 5.93. The number of aromatic nitrogens is 3. The summed E-state index contributed by atoms with van der Waals surface area (Å²) < 4.78 is 0. The molecule has 0 radical (unpaired) electrons. The number of hydrogen-bond donors (Lipinski definition) is 2. The number of aromatic amines is 1. The molecule has 5 heteroatoms. The standard InChI is InChI=1S/C18H18N4O/c1-13-5-7-14(8-6-13)16-12-17(22-21-16)18(23)20-11-9-15-4-2-3-10-19-15/h2-8,10,12H,9,11H2,1H3,(H,20,23)(H,21,22). The number of nitrogens with zero attached hydrogens (tertiary/aromatic N) is 2. The Labute approximate surface area is 134 Å². The van der Waals surface area contributed by atoms with Crippen LogP contribution < -0.4 is 5.32 Å². The molecule has 3 aromatic rings. The summed E-state index contributed by atoms with van der Waals surface area (Å²) in [5.41, 5.74) is 4.36. The first-order valence-electron chi connectivity index (χ1n) is 7.53. The Kier molecular flexibility index (Phi) is 4.47. The molecule has 2 N–H and O–H groups in total. The first-order valence-corrected chi connectivity index (χ1v) is 7.53. The molecule has 1 amide bonds. The van der Waals surface area contributed by atoms with E-state index in [4.69, 9.17) is 0 Å². The molecule has 0 saturated heterocycles. The van der Waals surface area contributed by atoms with Crippen LogP contribution in [0, 0.1) is 6.92 Å². The fourth-order valence-electron chi connectivity index (χ4n) is 2.26. The minimum Gasteiger partial charge on any atom is -0.350 e. The van der Waals surface area contributed by atoms with Crippen molar-refractivity contribution in [2.45, 2.75) is 13.3 Å². The fraction of sp³-hybridized carbons (Fsp3) is 0.167. The molecule has 0 unspecified atom stereocenters. The number of hydrogen-bond acceptors (Lipinski definition) is 3. The molecule has 0 fully saturated rings. The number of pyridine rings is 1. The Morgan fingerprint density at radius 1 is 1.17 bits per heavy atom. The van der Waals surface area contributed by atoms with Crippen LogP contribution in [0.2, 0.25) is 0 Å². The maximum atomic E-state index is 12.1. The van der Waals surface area contributed by atoms with Gasteiger partial charge in [-0.3, -0.25) is 14.9 Å². The quantitative estimate of drug-likeness (QED) is 0.761. The van der Waals surface area contributed by atoms with E-state index in [9.17, 15) is 4.79 Å². The molecule has 23 heavy (non-hydrogen) atoms. The van der Waals surface area contributed by atoms with Crippen molar-refractivity contribution in [2.24, 2.45) is 0 Å². The predicted octanol–water partition coefficient (Wildman–Crippen LogP) is 2.75. The zero-order valence-electron chi connectivity index (χ0n) is 12.9. The summed E-state index contributed by atoms with van der Waals surface area (Å²) in [4.78, 5) is 16.4. The molecule has 5 nitrogen and oxygen atoms in total. The van der Waals surface area contributed by atoms with Crippen molar-refractivity contribution in [3.63, 3.8) is 0 Å². The first-order chi connectivity index (χ1) is 11.2. The van der Waals surface area contributed by atoms with Gasteiger partial charge in [0.1, 0.15) is 5.69 Å². The van der Waals surface area contributed by atoms with Gasteiger partial charge in [-0.25, -0.2) is 0 Å². The minimum atomic E-state index is -0.160. The summed E-state index contributed by atoms with van der Waals surface area (Å²) in [6, 6.07) is 15.6. The topological polar surface area (TPSA) is 70.7 Å². The van der Waals surface area contributed by atoms with Crippen LogP contribution in [0.15, 0.2) is 54.7 Å². The third-order valence-electron chi connectivity index (χ3n) is 3.56. The zero-order chi connectivity index (χ0) is 16.1. The highest BCUT2D eigenvalue weighted by Gasteiger charge is 2.10. The number of H-pyrrole nitrogens is 1. The highest BCUT2D eigenvalue weighted by Crippen LogP contribution is 2.18. The molecule has 0 aliphatic rings. The fourth-order valence-corrected chi connectivity index (χ4v) is 2.26. The van der Waals surface area contributed by atoms with Crippen LogP contribution in [-0.2, 0) is 6.42 Å². The first kappa shape index (κ1) is 15.0. The van der Waals surface area contributed by atoms with Gasteiger partial charge in [-0.2, -0.15) is 5.10 Å². The van der Waals surface area contributed by atoms with Gasteiger partial charge in [0, 0.05) is 30.4 Å². The number of carbonyl (C=O) groups excluding carboxylic acids is 1. The van der Waals surface area contributed by atoms with Gasteiger partial charge in [0.05, 0.1) is 5.69 Å². The van der Waals surface area contributed by atoms with E-state index in [1.807, 2.05) is 49.4 Å². The number of benzene rings is 1. The Balaban J connectivity index is 1.59. The second-order valence-electron chi connectivity index (χ2n) is 5.36. The molecule has 0 atom stereocenters. The second-order valence-corrected chi connectivity index (χ2v) is 5.36. The molecule has 1 aromatic carbocycles. The van der Waals surface area contributed by atoms with Gasteiger partial charge in [-0.15, -0.1) is 0 Å². The molecule has 116 valence electrons. The molecule has 0 saturated carbocycles. The lowest BCUT2D eigenvalue weighted by molar-refractivity contribution is 0.0949. The van der Waals surface area contributed by atoms with Gasteiger partial charge in [-0.1, -0.05) is 35.9 Å². The second kappa shape index (κ2) is 6.87. The Bertz CT molecular complexity index is 778. The monoisotopic (exact) mass is 306 g/mol. The number of rotatable bonds is 5. The Morgan fingerprint density at radius 2 is 2.00 bits per heavy atom. The van der Waals surface area contributed by atoms with Crippen LogP contribution in [0.25, 0.3) is 11.3 Å². The van der Waals surface area contributed by atoms with Gasteiger partial charge >= 0.3 is 0 Å². The van der Waals surface area contributed by atoms with E-state index < -0.39 is 0 Å². The van der Waals surface area contributed by atoms with E-state index in [1.54, 1.807) is 12.3 Å². The van der Waals surface area contributed by atoms with Crippen LogP contribution in [-0.4, -0.2) is 27.6 Å². The van der Waals surface area contributed by atoms with E-state index in [1.165, 1.54) is 5.56 Å². The van der Waals surface area contributed by atoms with E-state index >= 15 is 0 Å². The average molecular weight is 306 g/mol. The van der Waals surface area contributed by atoms with Crippen molar-refractivity contribution < 1.29 is 4.79 Å². The van der Waals surface area contributed by atoms with Gasteiger partial charge < -0.3 is 5.32 Å². The van der Waals surface area contributed by atoms with Crippen molar-refractivity contribution >= 4 is 5.91 Å². The highest BCUT2D eigenvalue weighted by atomic mass is 16.1. The van der Waals surface area contributed by atoms with Crippen LogP contribution >= 0.6 is 0 Å². The van der Waals surface area contributed by atoms with E-state index in [2.05, 4.69) is 20.5 Å².